The molecule has 0 atom stereocenters. The van der Waals surface area contributed by atoms with E-state index in [0.717, 1.165) is 10.9 Å². The highest BCUT2D eigenvalue weighted by atomic mass is 19.1. The van der Waals surface area contributed by atoms with Crippen molar-refractivity contribution in [2.45, 2.75) is 39.7 Å². The van der Waals surface area contributed by atoms with Crippen LogP contribution in [0.3, 0.4) is 0 Å². The van der Waals surface area contributed by atoms with Gasteiger partial charge in [-0.3, -0.25) is 0 Å². The van der Waals surface area contributed by atoms with Crippen LogP contribution in [0.1, 0.15) is 45.2 Å². The molecule has 0 spiro atoms. The van der Waals surface area contributed by atoms with Crippen molar-refractivity contribution in [2.24, 2.45) is 0 Å². The van der Waals surface area contributed by atoms with E-state index >= 15 is 0 Å². The zero-order chi connectivity index (χ0) is 11.9. The second-order valence-corrected chi connectivity index (χ2v) is 4.90. The molecule has 1 heterocycles. The topological polar surface area (TPSA) is 4.93 Å². The Bertz CT molecular complexity index is 509. The summed E-state index contributed by atoms with van der Waals surface area (Å²) in [6, 6.07) is 5.45. The van der Waals surface area contributed by atoms with Crippen LogP contribution in [0.2, 0.25) is 0 Å². The number of hydrogen-bond acceptors (Lipinski definition) is 0. The Balaban J connectivity index is 2.76. The maximum absolute atomic E-state index is 13.3. The molecule has 1 aromatic heterocycles. The summed E-state index contributed by atoms with van der Waals surface area (Å²) in [6.07, 6.45) is 2.15. The molecule has 0 radical (unpaired) electrons. The van der Waals surface area contributed by atoms with E-state index < -0.39 is 0 Å². The molecule has 86 valence electrons. The van der Waals surface area contributed by atoms with Crippen LogP contribution >= 0.6 is 0 Å². The van der Waals surface area contributed by atoms with E-state index in [-0.39, 0.29) is 5.82 Å². The van der Waals surface area contributed by atoms with Crippen LogP contribution in [0.4, 0.5) is 4.39 Å². The molecule has 0 aliphatic heterocycles. The molecule has 0 amide bonds. The molecule has 2 aromatic rings. The number of aromatic nitrogens is 1. The minimum atomic E-state index is -0.157. The highest BCUT2D eigenvalue weighted by molar-refractivity contribution is 5.84. The molecule has 0 aliphatic rings. The first kappa shape index (κ1) is 11.2. The second-order valence-electron chi connectivity index (χ2n) is 4.90. The van der Waals surface area contributed by atoms with Gasteiger partial charge in [0.05, 0.1) is 0 Å². The number of hydrogen-bond donors (Lipinski definition) is 0. The molecule has 1 aromatic carbocycles. The lowest BCUT2D eigenvalue weighted by atomic mass is 10.0. The summed E-state index contributed by atoms with van der Waals surface area (Å²) in [5.41, 5.74) is 2.35. The quantitative estimate of drug-likeness (QED) is 0.701. The summed E-state index contributed by atoms with van der Waals surface area (Å²) in [5.74, 6) is 0.264. The second kappa shape index (κ2) is 3.93. The predicted octanol–water partition coefficient (Wildman–Crippen LogP) is 4.48. The molecule has 0 unspecified atom stereocenters. The molecule has 0 N–H and O–H groups in total. The Morgan fingerprint density at radius 2 is 1.81 bits per heavy atom. The molecular formula is C14H18FN. The van der Waals surface area contributed by atoms with Crippen molar-refractivity contribution >= 4 is 10.9 Å². The fraction of sp³-hybridized carbons (Fsp3) is 0.429. The Morgan fingerprint density at radius 3 is 2.38 bits per heavy atom. The molecule has 0 saturated heterocycles. The van der Waals surface area contributed by atoms with E-state index in [1.807, 2.05) is 6.07 Å². The SMILES string of the molecule is CC(C)c1cn(C(C)C)c2ccc(F)cc12. The number of halogens is 1. The summed E-state index contributed by atoms with van der Waals surface area (Å²) in [6.45, 7) is 8.58. The third kappa shape index (κ3) is 1.73. The van der Waals surface area contributed by atoms with Gasteiger partial charge in [0.2, 0.25) is 0 Å². The number of nitrogens with zero attached hydrogens (tertiary/aromatic N) is 1. The van der Waals surface area contributed by atoms with E-state index in [4.69, 9.17) is 0 Å². The van der Waals surface area contributed by atoms with Crippen molar-refractivity contribution in [1.29, 1.82) is 0 Å². The Kier molecular flexibility index (Phi) is 2.75. The van der Waals surface area contributed by atoms with E-state index in [0.29, 0.717) is 12.0 Å². The normalized spacial score (nSPS) is 11.9. The lowest BCUT2D eigenvalue weighted by molar-refractivity contribution is 0.616. The maximum atomic E-state index is 13.3. The van der Waals surface area contributed by atoms with Crippen molar-refractivity contribution in [3.05, 3.63) is 35.8 Å². The average Bonchev–Trinajstić information content (AvgIpc) is 2.56. The lowest BCUT2D eigenvalue weighted by Gasteiger charge is -2.08. The van der Waals surface area contributed by atoms with Crippen LogP contribution in [0, 0.1) is 5.82 Å². The number of benzene rings is 1. The first-order valence-electron chi connectivity index (χ1n) is 5.80. The van der Waals surface area contributed by atoms with Crippen LogP contribution in [0.25, 0.3) is 10.9 Å². The zero-order valence-corrected chi connectivity index (χ0v) is 10.3. The van der Waals surface area contributed by atoms with Gasteiger partial charge in [-0.2, -0.15) is 0 Å². The average molecular weight is 219 g/mol. The highest BCUT2D eigenvalue weighted by Crippen LogP contribution is 2.30. The first-order valence-corrected chi connectivity index (χ1v) is 5.80. The minimum Gasteiger partial charge on any atom is -0.345 e. The van der Waals surface area contributed by atoms with Crippen LogP contribution in [-0.2, 0) is 0 Å². The highest BCUT2D eigenvalue weighted by Gasteiger charge is 2.13. The molecule has 0 saturated carbocycles. The predicted molar refractivity (Wildman–Crippen MR) is 66.4 cm³/mol. The van der Waals surface area contributed by atoms with Gasteiger partial charge < -0.3 is 4.57 Å². The van der Waals surface area contributed by atoms with Gasteiger partial charge in [0.1, 0.15) is 5.82 Å². The Hall–Kier alpha value is -1.31. The fourth-order valence-corrected chi connectivity index (χ4v) is 2.14. The van der Waals surface area contributed by atoms with Gasteiger partial charge in [-0.05, 0) is 43.5 Å². The van der Waals surface area contributed by atoms with Crippen molar-refractivity contribution in [1.82, 2.24) is 4.57 Å². The van der Waals surface area contributed by atoms with Crippen LogP contribution in [0.5, 0.6) is 0 Å². The van der Waals surface area contributed by atoms with Crippen molar-refractivity contribution in [3.63, 3.8) is 0 Å². The smallest absolute Gasteiger partial charge is 0.123 e. The van der Waals surface area contributed by atoms with Gasteiger partial charge in [0, 0.05) is 23.1 Å². The molecule has 0 bridgehead atoms. The van der Waals surface area contributed by atoms with Gasteiger partial charge in [0.15, 0.2) is 0 Å². The van der Waals surface area contributed by atoms with Gasteiger partial charge in [0.25, 0.3) is 0 Å². The number of rotatable bonds is 2. The molecule has 0 aliphatic carbocycles. The van der Waals surface area contributed by atoms with Gasteiger partial charge in [-0.15, -0.1) is 0 Å². The maximum Gasteiger partial charge on any atom is 0.123 e. The summed E-state index contributed by atoms with van der Waals surface area (Å²) in [5, 5.41) is 1.05. The fourth-order valence-electron chi connectivity index (χ4n) is 2.14. The molecule has 2 rings (SSSR count). The summed E-state index contributed by atoms with van der Waals surface area (Å²) in [4.78, 5) is 0. The van der Waals surface area contributed by atoms with Gasteiger partial charge >= 0.3 is 0 Å². The van der Waals surface area contributed by atoms with Crippen molar-refractivity contribution in [3.8, 4) is 0 Å². The molecule has 16 heavy (non-hydrogen) atoms. The van der Waals surface area contributed by atoms with Crippen LogP contribution in [-0.4, -0.2) is 4.57 Å². The Labute approximate surface area is 95.9 Å². The van der Waals surface area contributed by atoms with Crippen LogP contribution in [0.15, 0.2) is 24.4 Å². The largest absolute Gasteiger partial charge is 0.345 e. The van der Waals surface area contributed by atoms with E-state index in [1.54, 1.807) is 6.07 Å². The van der Waals surface area contributed by atoms with E-state index in [2.05, 4.69) is 38.5 Å². The van der Waals surface area contributed by atoms with Crippen LogP contribution < -0.4 is 0 Å². The van der Waals surface area contributed by atoms with Crippen molar-refractivity contribution in [2.75, 3.05) is 0 Å². The molecular weight excluding hydrogens is 201 g/mol. The van der Waals surface area contributed by atoms with Gasteiger partial charge in [-0.1, -0.05) is 13.8 Å². The van der Waals surface area contributed by atoms with E-state index in [9.17, 15) is 4.39 Å². The summed E-state index contributed by atoms with van der Waals surface area (Å²) in [7, 11) is 0. The van der Waals surface area contributed by atoms with Gasteiger partial charge in [-0.25, -0.2) is 4.39 Å². The monoisotopic (exact) mass is 219 g/mol. The number of fused-ring (bicyclic) bond motifs is 1. The van der Waals surface area contributed by atoms with E-state index in [1.165, 1.54) is 11.6 Å². The Morgan fingerprint density at radius 1 is 1.12 bits per heavy atom. The lowest BCUT2D eigenvalue weighted by Crippen LogP contribution is -1.98. The summed E-state index contributed by atoms with van der Waals surface area (Å²) < 4.78 is 15.5. The third-order valence-electron chi connectivity index (χ3n) is 3.00. The molecule has 2 heteroatoms. The van der Waals surface area contributed by atoms with Crippen molar-refractivity contribution < 1.29 is 4.39 Å². The standard InChI is InChI=1S/C14H18FN/c1-9(2)13-8-16(10(3)4)14-6-5-11(15)7-12(13)14/h5-10H,1-4H3. The zero-order valence-electron chi connectivity index (χ0n) is 10.3. The molecule has 1 nitrogen and oxygen atoms in total. The first-order chi connectivity index (χ1) is 7.50. The summed E-state index contributed by atoms with van der Waals surface area (Å²) >= 11 is 0. The third-order valence-corrected chi connectivity index (χ3v) is 3.00. The molecule has 0 fully saturated rings. The minimum absolute atomic E-state index is 0.157.